The molecule has 0 fully saturated rings. The van der Waals surface area contributed by atoms with Crippen LogP contribution in [0.3, 0.4) is 0 Å². The van der Waals surface area contributed by atoms with E-state index in [0.29, 0.717) is 39.7 Å². The average Bonchev–Trinajstić information content (AvgIpc) is 3.16. The summed E-state index contributed by atoms with van der Waals surface area (Å²) in [6, 6.07) is 10.9. The van der Waals surface area contributed by atoms with E-state index < -0.39 is 0 Å². The fraction of sp³-hybridized carbons (Fsp3) is 0.250. The lowest BCUT2D eigenvalue weighted by molar-refractivity contribution is -0.113. The summed E-state index contributed by atoms with van der Waals surface area (Å²) in [5.74, 6) is 1.94. The SMILES string of the molecule is CCn1c(SCC(=O)Nc2ccc(Br)cc2Cl)nnc1-c1ccc(OC)c(OC)c1. The van der Waals surface area contributed by atoms with Gasteiger partial charge in [-0.25, -0.2) is 0 Å². The van der Waals surface area contributed by atoms with Gasteiger partial charge in [0.2, 0.25) is 5.91 Å². The van der Waals surface area contributed by atoms with E-state index in [9.17, 15) is 4.79 Å². The Morgan fingerprint density at radius 3 is 2.60 bits per heavy atom. The van der Waals surface area contributed by atoms with Crippen molar-refractivity contribution in [3.8, 4) is 22.9 Å². The van der Waals surface area contributed by atoms with E-state index in [0.717, 1.165) is 10.0 Å². The number of ether oxygens (including phenoxy) is 2. The van der Waals surface area contributed by atoms with E-state index in [1.54, 1.807) is 26.4 Å². The van der Waals surface area contributed by atoms with Crippen LogP contribution in [0.15, 0.2) is 46.0 Å². The molecule has 1 aromatic heterocycles. The highest BCUT2D eigenvalue weighted by Crippen LogP contribution is 2.33. The monoisotopic (exact) mass is 510 g/mol. The van der Waals surface area contributed by atoms with E-state index in [1.165, 1.54) is 11.8 Å². The summed E-state index contributed by atoms with van der Waals surface area (Å²) in [5.41, 5.74) is 1.41. The molecular weight excluding hydrogens is 492 g/mol. The second-order valence-electron chi connectivity index (χ2n) is 6.08. The van der Waals surface area contributed by atoms with Gasteiger partial charge in [0.1, 0.15) is 0 Å². The molecule has 2 aromatic carbocycles. The molecule has 3 rings (SSSR count). The number of nitrogens with zero attached hydrogens (tertiary/aromatic N) is 3. The van der Waals surface area contributed by atoms with Crippen LogP contribution in [0.1, 0.15) is 6.92 Å². The number of anilines is 1. The van der Waals surface area contributed by atoms with E-state index in [1.807, 2.05) is 35.8 Å². The molecule has 0 atom stereocenters. The second kappa shape index (κ2) is 10.2. The molecule has 30 heavy (non-hydrogen) atoms. The molecule has 0 radical (unpaired) electrons. The highest BCUT2D eigenvalue weighted by atomic mass is 79.9. The van der Waals surface area contributed by atoms with Crippen LogP contribution in [-0.2, 0) is 11.3 Å². The number of carbonyl (C=O) groups is 1. The summed E-state index contributed by atoms with van der Waals surface area (Å²) in [6.45, 7) is 2.65. The number of aromatic nitrogens is 3. The first kappa shape index (κ1) is 22.5. The molecule has 10 heteroatoms. The first-order valence-corrected chi connectivity index (χ1v) is 11.2. The normalized spacial score (nSPS) is 10.7. The van der Waals surface area contributed by atoms with Crippen LogP contribution in [0.4, 0.5) is 5.69 Å². The van der Waals surface area contributed by atoms with Crippen molar-refractivity contribution in [2.75, 3.05) is 25.3 Å². The van der Waals surface area contributed by atoms with Gasteiger partial charge in [0.05, 0.1) is 30.7 Å². The number of methoxy groups -OCH3 is 2. The van der Waals surface area contributed by atoms with Crippen molar-refractivity contribution in [2.45, 2.75) is 18.6 Å². The van der Waals surface area contributed by atoms with Gasteiger partial charge in [-0.1, -0.05) is 39.3 Å². The third-order valence-corrected chi connectivity index (χ3v) is 5.99. The van der Waals surface area contributed by atoms with Crippen LogP contribution in [0.2, 0.25) is 5.02 Å². The van der Waals surface area contributed by atoms with Gasteiger partial charge >= 0.3 is 0 Å². The second-order valence-corrected chi connectivity index (χ2v) is 8.35. The third-order valence-electron chi connectivity index (χ3n) is 4.21. The van der Waals surface area contributed by atoms with Crippen LogP contribution in [0.25, 0.3) is 11.4 Å². The van der Waals surface area contributed by atoms with Gasteiger partial charge < -0.3 is 19.4 Å². The maximum Gasteiger partial charge on any atom is 0.234 e. The fourth-order valence-corrected chi connectivity index (χ4v) is 4.30. The Balaban J connectivity index is 1.73. The molecule has 0 unspecified atom stereocenters. The molecule has 0 aliphatic rings. The zero-order valence-electron chi connectivity index (χ0n) is 16.6. The number of carbonyl (C=O) groups excluding carboxylic acids is 1. The predicted octanol–water partition coefficient (Wildman–Crippen LogP) is 5.13. The van der Waals surface area contributed by atoms with Crippen molar-refractivity contribution in [2.24, 2.45) is 0 Å². The molecule has 0 saturated heterocycles. The maximum atomic E-state index is 12.4. The van der Waals surface area contributed by atoms with Crippen molar-refractivity contribution >= 4 is 50.9 Å². The Hall–Kier alpha value is -2.23. The molecule has 1 amide bonds. The van der Waals surface area contributed by atoms with Crippen LogP contribution in [-0.4, -0.2) is 40.6 Å². The Morgan fingerprint density at radius 1 is 1.17 bits per heavy atom. The molecule has 0 saturated carbocycles. The van der Waals surface area contributed by atoms with E-state index >= 15 is 0 Å². The standard InChI is InChI=1S/C20H20BrClN4O3S/c1-4-26-19(12-5-8-16(28-2)17(9-12)29-3)24-25-20(26)30-11-18(27)23-15-7-6-13(21)10-14(15)22/h5-10H,4,11H2,1-3H3,(H,23,27). The van der Waals surface area contributed by atoms with E-state index in [4.69, 9.17) is 21.1 Å². The summed E-state index contributed by atoms with van der Waals surface area (Å²) < 4.78 is 13.5. The zero-order chi connectivity index (χ0) is 21.7. The van der Waals surface area contributed by atoms with E-state index in [-0.39, 0.29) is 11.7 Å². The molecule has 7 nitrogen and oxygen atoms in total. The third kappa shape index (κ3) is 5.08. The minimum Gasteiger partial charge on any atom is -0.493 e. The Morgan fingerprint density at radius 2 is 1.93 bits per heavy atom. The average molecular weight is 512 g/mol. The molecule has 0 bridgehead atoms. The van der Waals surface area contributed by atoms with Crippen molar-refractivity contribution in [1.29, 1.82) is 0 Å². The number of halogens is 2. The van der Waals surface area contributed by atoms with Crippen LogP contribution in [0.5, 0.6) is 11.5 Å². The first-order valence-electron chi connectivity index (χ1n) is 9.00. The molecule has 158 valence electrons. The lowest BCUT2D eigenvalue weighted by atomic mass is 10.2. The number of thioether (sulfide) groups is 1. The number of amides is 1. The summed E-state index contributed by atoms with van der Waals surface area (Å²) in [6.07, 6.45) is 0. The quantitative estimate of drug-likeness (QED) is 0.423. The summed E-state index contributed by atoms with van der Waals surface area (Å²) >= 11 is 10.8. The number of hydrogen-bond acceptors (Lipinski definition) is 6. The van der Waals surface area contributed by atoms with Crippen molar-refractivity contribution in [3.63, 3.8) is 0 Å². The van der Waals surface area contributed by atoms with Gasteiger partial charge in [-0.05, 0) is 43.3 Å². The van der Waals surface area contributed by atoms with Gasteiger partial charge in [-0.15, -0.1) is 10.2 Å². The summed E-state index contributed by atoms with van der Waals surface area (Å²) in [4.78, 5) is 12.4. The smallest absolute Gasteiger partial charge is 0.234 e. The molecule has 1 heterocycles. The zero-order valence-corrected chi connectivity index (χ0v) is 19.8. The van der Waals surface area contributed by atoms with Crippen LogP contribution in [0, 0.1) is 0 Å². The lowest BCUT2D eigenvalue weighted by Gasteiger charge is -2.11. The molecule has 0 aliphatic carbocycles. The number of hydrogen-bond donors (Lipinski definition) is 1. The van der Waals surface area contributed by atoms with Crippen molar-refractivity contribution in [3.05, 3.63) is 45.9 Å². The minimum absolute atomic E-state index is 0.177. The van der Waals surface area contributed by atoms with Gasteiger partial charge in [-0.2, -0.15) is 0 Å². The van der Waals surface area contributed by atoms with Crippen LogP contribution < -0.4 is 14.8 Å². The topological polar surface area (TPSA) is 78.3 Å². The first-order chi connectivity index (χ1) is 14.5. The summed E-state index contributed by atoms with van der Waals surface area (Å²) in [7, 11) is 3.18. The number of benzene rings is 2. The molecule has 1 N–H and O–H groups in total. The largest absolute Gasteiger partial charge is 0.493 e. The van der Waals surface area contributed by atoms with Gasteiger partial charge in [0.25, 0.3) is 0 Å². The van der Waals surface area contributed by atoms with E-state index in [2.05, 4.69) is 31.4 Å². The van der Waals surface area contributed by atoms with Crippen LogP contribution >= 0.6 is 39.3 Å². The van der Waals surface area contributed by atoms with Gasteiger partial charge in [0, 0.05) is 16.6 Å². The minimum atomic E-state index is -0.178. The maximum absolute atomic E-state index is 12.4. The van der Waals surface area contributed by atoms with Gasteiger partial charge in [0.15, 0.2) is 22.5 Å². The molecule has 3 aromatic rings. The fourth-order valence-electron chi connectivity index (χ4n) is 2.78. The number of rotatable bonds is 8. The van der Waals surface area contributed by atoms with Crippen molar-refractivity contribution in [1.82, 2.24) is 14.8 Å². The van der Waals surface area contributed by atoms with Crippen molar-refractivity contribution < 1.29 is 14.3 Å². The Bertz CT molecular complexity index is 1060. The lowest BCUT2D eigenvalue weighted by Crippen LogP contribution is -2.15. The Labute approximate surface area is 192 Å². The molecule has 0 spiro atoms. The predicted molar refractivity (Wildman–Crippen MR) is 123 cm³/mol. The number of nitrogens with one attached hydrogen (secondary N) is 1. The molecule has 0 aliphatic heterocycles. The highest BCUT2D eigenvalue weighted by molar-refractivity contribution is 9.10. The highest BCUT2D eigenvalue weighted by Gasteiger charge is 2.17. The van der Waals surface area contributed by atoms with Gasteiger partial charge in [-0.3, -0.25) is 4.79 Å². The summed E-state index contributed by atoms with van der Waals surface area (Å²) in [5, 5.41) is 12.5. The Kier molecular flexibility index (Phi) is 7.63. The molecular formula is C20H20BrClN4O3S.